The lowest BCUT2D eigenvalue weighted by Gasteiger charge is -2.20. The first kappa shape index (κ1) is 31.7. The molecule has 0 N–H and O–H groups in total. The Labute approximate surface area is 220 Å². The van der Waals surface area contributed by atoms with E-state index in [0.29, 0.717) is 17.7 Å². The third-order valence-electron chi connectivity index (χ3n) is 6.98. The number of rotatable bonds is 15. The highest BCUT2D eigenvalue weighted by molar-refractivity contribution is 7.00. The van der Waals surface area contributed by atoms with Gasteiger partial charge in [-0.25, -0.2) is 0 Å². The molecule has 2 aromatic carbocycles. The van der Waals surface area contributed by atoms with Crippen LogP contribution in [0, 0.1) is 27.7 Å². The molecule has 4 nitrogen and oxygen atoms in total. The largest absolute Gasteiger partial charge is 0.465 e. The fourth-order valence-corrected chi connectivity index (χ4v) is 4.69. The molecular weight excluding hydrogens is 467 g/mol. The minimum Gasteiger partial charge on any atom is -0.465 e. The third kappa shape index (κ3) is 9.97. The second-order valence-corrected chi connectivity index (χ2v) is 9.69. The third-order valence-corrected chi connectivity index (χ3v) is 6.98. The van der Waals surface area contributed by atoms with Crippen LogP contribution in [-0.2, 0) is 14.1 Å². The summed E-state index contributed by atoms with van der Waals surface area (Å²) in [6.45, 7) is 10.6. The average molecular weight is 514 g/mol. The van der Waals surface area contributed by atoms with Crippen molar-refractivity contribution >= 4 is 20.9 Å². The summed E-state index contributed by atoms with van der Waals surface area (Å²) in [5, 5.41) is 0. The molecule has 0 spiro atoms. The van der Waals surface area contributed by atoms with Gasteiger partial charge in [-0.3, -0.25) is 9.59 Å². The number of ether oxygens (including phenoxy) is 1. The van der Waals surface area contributed by atoms with Crippen LogP contribution in [-0.4, -0.2) is 18.4 Å². The van der Waals surface area contributed by atoms with Crippen LogP contribution in [0.5, 0.6) is 0 Å². The maximum absolute atomic E-state index is 13.7. The number of hydrogen-bond acceptors (Lipinski definition) is 4. The minimum atomic E-state index is -0.927. The zero-order chi connectivity index (χ0) is 26.9. The van der Waals surface area contributed by atoms with Crippen LogP contribution in [0.25, 0.3) is 0 Å². The van der Waals surface area contributed by atoms with Gasteiger partial charge in [-0.05, 0) is 61.9 Å². The molecule has 0 aliphatic rings. The zero-order valence-electron chi connectivity index (χ0n) is 23.0. The molecule has 0 aliphatic heterocycles. The molecule has 0 saturated carbocycles. The van der Waals surface area contributed by atoms with Gasteiger partial charge in [0.25, 0.3) is 0 Å². The standard InChI is InChI=1S/C31H44O3.H2OP/c1-6-7-8-9-10-11-12-13-14-18-21-34-31(33)29(27-19-16-15-17-20-27)30(32)28-24(3)22-23(2)25(4)26(28)5;1-2/h15-17,19-20,22,29H,6-14,18,21H2,1-5H3;2H2/q;+1. The van der Waals surface area contributed by atoms with E-state index in [1.165, 1.54) is 60.5 Å². The molecule has 2 aromatic rings. The summed E-state index contributed by atoms with van der Waals surface area (Å²) in [7, 11) is 1.17. The van der Waals surface area contributed by atoms with E-state index in [1.54, 1.807) is 0 Å². The van der Waals surface area contributed by atoms with Gasteiger partial charge < -0.3 is 4.74 Å². The molecule has 2 rings (SSSR count). The van der Waals surface area contributed by atoms with Crippen LogP contribution in [0.4, 0.5) is 0 Å². The lowest BCUT2D eigenvalue weighted by molar-refractivity contribution is -0.144. The van der Waals surface area contributed by atoms with E-state index in [-0.39, 0.29) is 5.78 Å². The lowest BCUT2D eigenvalue weighted by Crippen LogP contribution is -2.26. The summed E-state index contributed by atoms with van der Waals surface area (Å²) in [6.07, 6.45) is 12.3. The van der Waals surface area contributed by atoms with E-state index in [1.807, 2.05) is 57.2 Å². The van der Waals surface area contributed by atoms with Gasteiger partial charge in [0.1, 0.15) is 5.92 Å². The smallest absolute Gasteiger partial charge is 0.321 e. The van der Waals surface area contributed by atoms with E-state index < -0.39 is 11.9 Å². The second kappa shape index (κ2) is 18.0. The Bertz CT molecular complexity index is 939. The molecule has 2 unspecified atom stereocenters. The van der Waals surface area contributed by atoms with E-state index >= 15 is 0 Å². The molecule has 36 heavy (non-hydrogen) atoms. The second-order valence-electron chi connectivity index (χ2n) is 9.69. The Kier molecular flexibility index (Phi) is 15.9. The quantitative estimate of drug-likeness (QED) is 0.0787. The van der Waals surface area contributed by atoms with Crippen LogP contribution >= 0.6 is 9.12 Å². The topological polar surface area (TPSA) is 60.4 Å². The van der Waals surface area contributed by atoms with Crippen molar-refractivity contribution in [1.29, 1.82) is 0 Å². The molecule has 0 fully saturated rings. The first-order valence-corrected chi connectivity index (χ1v) is 13.9. The molecule has 5 heteroatoms. The van der Waals surface area contributed by atoms with Crippen molar-refractivity contribution in [3.05, 3.63) is 69.8 Å². The fourth-order valence-electron chi connectivity index (χ4n) is 4.69. The van der Waals surface area contributed by atoms with Crippen LogP contribution in [0.3, 0.4) is 0 Å². The van der Waals surface area contributed by atoms with Crippen molar-refractivity contribution < 1.29 is 18.9 Å². The van der Waals surface area contributed by atoms with Crippen molar-refractivity contribution in [3.8, 4) is 0 Å². The molecule has 2 atom stereocenters. The summed E-state index contributed by atoms with van der Waals surface area (Å²) < 4.78 is 13.8. The van der Waals surface area contributed by atoms with Crippen LogP contribution < -0.4 is 0 Å². The molecule has 0 saturated heterocycles. The van der Waals surface area contributed by atoms with E-state index in [4.69, 9.17) is 9.30 Å². The van der Waals surface area contributed by atoms with Crippen molar-refractivity contribution in [1.82, 2.24) is 0 Å². The van der Waals surface area contributed by atoms with Crippen molar-refractivity contribution in [2.24, 2.45) is 0 Å². The minimum absolute atomic E-state index is 0.169. The molecule has 0 radical (unpaired) electrons. The Morgan fingerprint density at radius 3 is 1.83 bits per heavy atom. The highest BCUT2D eigenvalue weighted by Crippen LogP contribution is 2.29. The summed E-state index contributed by atoms with van der Waals surface area (Å²) in [5.74, 6) is -1.54. The average Bonchev–Trinajstić information content (AvgIpc) is 2.88. The number of unbranched alkanes of at least 4 members (excludes halogenated alkanes) is 9. The molecule has 0 aromatic heterocycles. The zero-order valence-corrected chi connectivity index (χ0v) is 24.2. The van der Waals surface area contributed by atoms with E-state index in [9.17, 15) is 9.59 Å². The number of carbonyl (C=O) groups excluding carboxylic acids is 2. The fraction of sp³-hybridized carbons (Fsp3) is 0.548. The van der Waals surface area contributed by atoms with Crippen molar-refractivity contribution in [2.75, 3.05) is 6.61 Å². The van der Waals surface area contributed by atoms with Gasteiger partial charge in [0, 0.05) is 5.56 Å². The van der Waals surface area contributed by atoms with Gasteiger partial charge in [0.05, 0.1) is 6.61 Å². The van der Waals surface area contributed by atoms with E-state index in [0.717, 1.165) is 35.1 Å². The maximum Gasteiger partial charge on any atom is 0.321 e. The van der Waals surface area contributed by atoms with Crippen molar-refractivity contribution in [2.45, 2.75) is 105 Å². The Morgan fingerprint density at radius 2 is 1.28 bits per heavy atom. The van der Waals surface area contributed by atoms with Gasteiger partial charge >= 0.3 is 15.1 Å². The number of ketones is 1. The number of aryl methyl sites for hydroxylation is 2. The Morgan fingerprint density at radius 1 is 0.750 bits per heavy atom. The summed E-state index contributed by atoms with van der Waals surface area (Å²) in [6, 6.07) is 11.3. The molecule has 0 bridgehead atoms. The molecule has 0 aliphatic carbocycles. The molecule has 0 amide bonds. The molecule has 0 heterocycles. The van der Waals surface area contributed by atoms with Crippen LogP contribution in [0.2, 0.25) is 0 Å². The normalized spacial score (nSPS) is 11.4. The summed E-state index contributed by atoms with van der Waals surface area (Å²) in [4.78, 5) is 26.8. The first-order chi connectivity index (χ1) is 17.4. The number of esters is 1. The Hall–Kier alpha value is -2.32. The Balaban J connectivity index is 0.00000316. The van der Waals surface area contributed by atoms with Crippen LogP contribution in [0.15, 0.2) is 36.4 Å². The number of hydrogen-bond donors (Lipinski definition) is 0. The predicted molar refractivity (Wildman–Crippen MR) is 152 cm³/mol. The molecule has 198 valence electrons. The number of Topliss-reactive ketones (excluding diaryl/α,β-unsaturated/α-hetero) is 1. The maximum atomic E-state index is 13.7. The lowest BCUT2D eigenvalue weighted by atomic mass is 9.84. The van der Waals surface area contributed by atoms with Crippen molar-refractivity contribution in [3.63, 3.8) is 0 Å². The molecular formula is C31H46O4P+. The number of benzene rings is 2. The van der Waals surface area contributed by atoms with Gasteiger partial charge in [0.15, 0.2) is 5.78 Å². The van der Waals surface area contributed by atoms with Gasteiger partial charge in [-0.15, -0.1) is 0 Å². The highest BCUT2D eigenvalue weighted by atomic mass is 31.0. The van der Waals surface area contributed by atoms with Gasteiger partial charge in [-0.1, -0.05) is 106 Å². The first-order valence-electron chi connectivity index (χ1n) is 13.4. The van der Waals surface area contributed by atoms with Crippen LogP contribution in [0.1, 0.15) is 115 Å². The monoisotopic (exact) mass is 513 g/mol. The highest BCUT2D eigenvalue weighted by Gasteiger charge is 2.33. The predicted octanol–water partition coefficient (Wildman–Crippen LogP) is 8.56. The SMILES string of the molecule is CCCCCCCCCCCCOC(=O)C(C(=O)c1c(C)cc(C)c(C)c1C)c1ccccc1.O=[PH2+]. The summed E-state index contributed by atoms with van der Waals surface area (Å²) >= 11 is 0. The number of carbonyl (C=O) groups is 2. The van der Waals surface area contributed by atoms with Gasteiger partial charge in [0.2, 0.25) is 0 Å². The van der Waals surface area contributed by atoms with Gasteiger partial charge in [-0.2, -0.15) is 0 Å². The summed E-state index contributed by atoms with van der Waals surface area (Å²) in [5.41, 5.74) is 5.45. The van der Waals surface area contributed by atoms with E-state index in [2.05, 4.69) is 13.8 Å².